The van der Waals surface area contributed by atoms with Crippen molar-refractivity contribution >= 4 is 32.9 Å². The average molecular weight is 458 g/mol. The number of aromatic carboxylic acids is 1. The van der Waals surface area contributed by atoms with E-state index in [0.717, 1.165) is 53.3 Å². The molecule has 154 valence electrons. The summed E-state index contributed by atoms with van der Waals surface area (Å²) in [5.41, 5.74) is 4.77. The number of halogens is 1. The molecule has 0 aliphatic carbocycles. The van der Waals surface area contributed by atoms with Gasteiger partial charge in [0, 0.05) is 11.0 Å². The van der Waals surface area contributed by atoms with Gasteiger partial charge < -0.3 is 5.11 Å². The Morgan fingerprint density at radius 3 is 2.45 bits per heavy atom. The van der Waals surface area contributed by atoms with Crippen LogP contribution in [0.15, 0.2) is 40.9 Å². The summed E-state index contributed by atoms with van der Waals surface area (Å²) in [6.07, 6.45) is 5.65. The summed E-state index contributed by atoms with van der Waals surface area (Å²) in [7, 11) is 0. The summed E-state index contributed by atoms with van der Waals surface area (Å²) in [5.74, 6) is -0.877. The highest BCUT2D eigenvalue weighted by molar-refractivity contribution is 9.10. The first kappa shape index (κ1) is 21.5. The molecule has 0 saturated carbocycles. The van der Waals surface area contributed by atoms with E-state index in [2.05, 4.69) is 59.1 Å². The first-order valence-electron chi connectivity index (χ1n) is 10.1. The number of benzene rings is 2. The van der Waals surface area contributed by atoms with Gasteiger partial charge in [0.15, 0.2) is 0 Å². The normalized spacial score (nSPS) is 11.9. The molecule has 0 unspecified atom stereocenters. The number of hydrogen-bond acceptors (Lipinski definition) is 3. The molecule has 3 aromatic rings. The van der Waals surface area contributed by atoms with Crippen molar-refractivity contribution in [2.24, 2.45) is 0 Å². The van der Waals surface area contributed by atoms with Gasteiger partial charge in [0.1, 0.15) is 5.52 Å². The molecular weight excluding hydrogens is 430 g/mol. The lowest BCUT2D eigenvalue weighted by Crippen LogP contribution is -2.17. The van der Waals surface area contributed by atoms with Crippen LogP contribution in [-0.4, -0.2) is 26.1 Å². The second-order valence-corrected chi connectivity index (χ2v) is 9.14. The summed E-state index contributed by atoms with van der Waals surface area (Å²) in [5, 5.41) is 17.7. The maximum Gasteiger partial charge on any atom is 0.335 e. The van der Waals surface area contributed by atoms with Crippen molar-refractivity contribution in [1.29, 1.82) is 0 Å². The molecule has 0 radical (unpaired) electrons. The van der Waals surface area contributed by atoms with Gasteiger partial charge in [-0.2, -0.15) is 0 Å². The maximum atomic E-state index is 11.0. The molecule has 0 bridgehead atoms. The van der Waals surface area contributed by atoms with Crippen LogP contribution in [0.4, 0.5) is 0 Å². The van der Waals surface area contributed by atoms with Crippen LogP contribution >= 0.6 is 15.9 Å². The lowest BCUT2D eigenvalue weighted by molar-refractivity contribution is 0.0697. The zero-order valence-corrected chi connectivity index (χ0v) is 18.9. The highest BCUT2D eigenvalue weighted by atomic mass is 79.9. The molecule has 1 aromatic heterocycles. The first-order chi connectivity index (χ1) is 13.8. The van der Waals surface area contributed by atoms with Gasteiger partial charge >= 0.3 is 5.97 Å². The number of carbonyl (C=O) groups is 1. The van der Waals surface area contributed by atoms with E-state index in [1.54, 1.807) is 12.1 Å². The van der Waals surface area contributed by atoms with Crippen molar-refractivity contribution in [2.75, 3.05) is 0 Å². The lowest BCUT2D eigenvalue weighted by atomic mass is 9.80. The van der Waals surface area contributed by atoms with E-state index in [0.29, 0.717) is 5.56 Å². The highest BCUT2D eigenvalue weighted by Crippen LogP contribution is 2.30. The Morgan fingerprint density at radius 2 is 1.76 bits per heavy atom. The molecule has 0 spiro atoms. The Morgan fingerprint density at radius 1 is 1.07 bits per heavy atom. The molecule has 0 fully saturated rings. The predicted octanol–water partition coefficient (Wildman–Crippen LogP) is 6.13. The fourth-order valence-corrected chi connectivity index (χ4v) is 4.02. The van der Waals surface area contributed by atoms with Gasteiger partial charge in [-0.1, -0.05) is 66.4 Å². The molecule has 0 atom stereocenters. The number of rotatable bonds is 9. The van der Waals surface area contributed by atoms with Gasteiger partial charge in [-0.25, -0.2) is 9.48 Å². The van der Waals surface area contributed by atoms with Gasteiger partial charge in [0.05, 0.1) is 11.1 Å². The third-order valence-electron chi connectivity index (χ3n) is 5.71. The van der Waals surface area contributed by atoms with E-state index in [1.807, 2.05) is 16.8 Å². The number of hydrogen-bond donors (Lipinski definition) is 1. The van der Waals surface area contributed by atoms with Crippen molar-refractivity contribution in [3.05, 3.63) is 57.6 Å². The molecule has 1 N–H and O–H groups in total. The molecule has 6 heteroatoms. The first-order valence-corrected chi connectivity index (χ1v) is 10.9. The van der Waals surface area contributed by atoms with Gasteiger partial charge in [-0.15, -0.1) is 5.10 Å². The minimum atomic E-state index is -0.877. The highest BCUT2D eigenvalue weighted by Gasteiger charge is 2.20. The van der Waals surface area contributed by atoms with Crippen LogP contribution in [0.25, 0.3) is 11.0 Å². The average Bonchev–Trinajstić information content (AvgIpc) is 3.11. The van der Waals surface area contributed by atoms with E-state index < -0.39 is 5.97 Å². The molecule has 0 aliphatic heterocycles. The molecule has 0 aliphatic rings. The van der Waals surface area contributed by atoms with Crippen LogP contribution in [0, 0.1) is 6.92 Å². The zero-order chi connectivity index (χ0) is 21.0. The molecule has 1 heterocycles. The molecule has 0 amide bonds. The molecule has 0 saturated heterocycles. The van der Waals surface area contributed by atoms with Gasteiger partial charge in [-0.05, 0) is 60.6 Å². The molecule has 3 rings (SSSR count). The van der Waals surface area contributed by atoms with Crippen molar-refractivity contribution in [2.45, 2.75) is 64.8 Å². The Labute approximate surface area is 180 Å². The van der Waals surface area contributed by atoms with Crippen molar-refractivity contribution < 1.29 is 9.90 Å². The van der Waals surface area contributed by atoms with E-state index >= 15 is 0 Å². The third kappa shape index (κ3) is 5.04. The molecule has 29 heavy (non-hydrogen) atoms. The summed E-state index contributed by atoms with van der Waals surface area (Å²) in [6.45, 7) is 7.40. The summed E-state index contributed by atoms with van der Waals surface area (Å²) >= 11 is 3.55. The maximum absolute atomic E-state index is 11.0. The topological polar surface area (TPSA) is 68.0 Å². The van der Waals surface area contributed by atoms with Crippen molar-refractivity contribution in [1.82, 2.24) is 15.0 Å². The van der Waals surface area contributed by atoms with Crippen LogP contribution in [0.3, 0.4) is 0 Å². The van der Waals surface area contributed by atoms with E-state index in [9.17, 15) is 4.79 Å². The monoisotopic (exact) mass is 457 g/mol. The second kappa shape index (κ2) is 9.08. The van der Waals surface area contributed by atoms with Crippen LogP contribution in [-0.2, 0) is 12.0 Å². The smallest absolute Gasteiger partial charge is 0.335 e. The Bertz CT molecular complexity index is 993. The van der Waals surface area contributed by atoms with Gasteiger partial charge in [0.25, 0.3) is 0 Å². The Kier molecular flexibility index (Phi) is 6.73. The Balaban J connectivity index is 1.45. The standard InChI is InChI=1S/C23H28BrN3O2/c1-16-19(24)12-13-20-21(16)25-26-27(20)15-7-5-4-6-14-23(2,3)18-10-8-17(9-11-18)22(28)29/h8-13H,4-7,14-15H2,1-3H3,(H,28,29). The SMILES string of the molecule is Cc1c(Br)ccc2c1nnn2CCCCCCC(C)(C)c1ccc(C(=O)O)cc1. The van der Waals surface area contributed by atoms with E-state index in [4.69, 9.17) is 5.11 Å². The van der Waals surface area contributed by atoms with Gasteiger partial charge in [-0.3, -0.25) is 0 Å². The number of nitrogens with zero attached hydrogens (tertiary/aromatic N) is 3. The second-order valence-electron chi connectivity index (χ2n) is 8.28. The molecule has 2 aromatic carbocycles. The van der Waals surface area contributed by atoms with Crippen molar-refractivity contribution in [3.63, 3.8) is 0 Å². The van der Waals surface area contributed by atoms with E-state index in [1.165, 1.54) is 12.0 Å². The van der Waals surface area contributed by atoms with Crippen LogP contribution in [0.1, 0.15) is 67.4 Å². The Hall–Kier alpha value is -2.21. The lowest BCUT2D eigenvalue weighted by Gasteiger charge is -2.25. The number of aromatic nitrogens is 3. The minimum Gasteiger partial charge on any atom is -0.478 e. The largest absolute Gasteiger partial charge is 0.478 e. The number of unbranched alkanes of at least 4 members (excludes halogenated alkanes) is 3. The van der Waals surface area contributed by atoms with Crippen LogP contribution in [0.5, 0.6) is 0 Å². The summed E-state index contributed by atoms with van der Waals surface area (Å²) < 4.78 is 3.07. The number of fused-ring (bicyclic) bond motifs is 1. The minimum absolute atomic E-state index is 0.0457. The van der Waals surface area contributed by atoms with Crippen LogP contribution in [0.2, 0.25) is 0 Å². The molecule has 5 nitrogen and oxygen atoms in total. The summed E-state index contributed by atoms with van der Waals surface area (Å²) in [6, 6.07) is 11.4. The fourth-order valence-electron chi connectivity index (χ4n) is 3.70. The number of carboxylic acids is 1. The van der Waals surface area contributed by atoms with Crippen LogP contribution < -0.4 is 0 Å². The number of aryl methyl sites for hydroxylation is 2. The quantitative estimate of drug-likeness (QED) is 0.392. The fraction of sp³-hybridized carbons (Fsp3) is 0.435. The van der Waals surface area contributed by atoms with Gasteiger partial charge in [0.2, 0.25) is 0 Å². The predicted molar refractivity (Wildman–Crippen MR) is 119 cm³/mol. The van der Waals surface area contributed by atoms with Crippen molar-refractivity contribution in [3.8, 4) is 0 Å². The zero-order valence-electron chi connectivity index (χ0n) is 17.3. The van der Waals surface area contributed by atoms with E-state index in [-0.39, 0.29) is 5.41 Å². The summed E-state index contributed by atoms with van der Waals surface area (Å²) in [4.78, 5) is 11.0. The molecular formula is C23H28BrN3O2. The number of carboxylic acid groups (broad SMARTS) is 1. The third-order valence-corrected chi connectivity index (χ3v) is 6.57.